The Kier molecular flexibility index (Phi) is 6.97. The molecule has 0 saturated carbocycles. The van der Waals surface area contributed by atoms with Crippen molar-refractivity contribution in [3.05, 3.63) is 170 Å². The highest BCUT2D eigenvalue weighted by Gasteiger charge is 2.22. The summed E-state index contributed by atoms with van der Waals surface area (Å²) >= 11 is 1.84. The summed E-state index contributed by atoms with van der Waals surface area (Å²) in [6.07, 6.45) is 0. The molecule has 4 heterocycles. The predicted octanol–water partition coefficient (Wildman–Crippen LogP) is 13.0. The van der Waals surface area contributed by atoms with Crippen LogP contribution in [0.5, 0.6) is 0 Å². The van der Waals surface area contributed by atoms with Gasteiger partial charge in [-0.05, 0) is 23.8 Å². The van der Waals surface area contributed by atoms with Gasteiger partial charge in [0.05, 0.1) is 22.0 Å². The predicted molar refractivity (Wildman–Crippen MR) is 222 cm³/mol. The molecular weight excluding hydrogens is 681 g/mol. The highest BCUT2D eigenvalue weighted by atomic mass is 32.1. The maximum atomic E-state index is 6.80. The lowest BCUT2D eigenvalue weighted by atomic mass is 9.95. The lowest BCUT2D eigenvalue weighted by Crippen LogP contribution is -2.00. The van der Waals surface area contributed by atoms with Crippen LogP contribution in [0.4, 0.5) is 0 Å². The quantitative estimate of drug-likeness (QED) is 0.178. The normalized spacial score (nSPS) is 11.7. The second-order valence-corrected chi connectivity index (χ2v) is 14.4. The largest absolute Gasteiger partial charge is 0.455 e. The van der Waals surface area contributed by atoms with Crippen molar-refractivity contribution in [2.45, 2.75) is 0 Å². The summed E-state index contributed by atoms with van der Waals surface area (Å²) < 4.78 is 9.34. The van der Waals surface area contributed by atoms with Crippen molar-refractivity contribution in [3.63, 3.8) is 0 Å². The van der Waals surface area contributed by atoms with Crippen molar-refractivity contribution in [2.24, 2.45) is 0 Å². The minimum atomic E-state index is 0.611. The van der Waals surface area contributed by atoms with E-state index >= 15 is 0 Å². The molecule has 6 heteroatoms. The van der Waals surface area contributed by atoms with Crippen LogP contribution >= 0.6 is 11.3 Å². The number of thiophene rings is 1. The summed E-state index contributed by atoms with van der Waals surface area (Å²) in [5.41, 5.74) is 9.47. The Labute approximate surface area is 313 Å². The van der Waals surface area contributed by atoms with E-state index in [1.54, 1.807) is 0 Å². The van der Waals surface area contributed by atoms with E-state index in [4.69, 9.17) is 24.4 Å². The minimum absolute atomic E-state index is 0.611. The van der Waals surface area contributed by atoms with Crippen LogP contribution in [0, 0.1) is 0 Å². The number of aromatic nitrogens is 4. The first-order valence-electron chi connectivity index (χ1n) is 17.9. The number of hydrogen-bond acceptors (Lipinski definition) is 6. The molecule has 0 fully saturated rings. The number of rotatable bonds is 5. The van der Waals surface area contributed by atoms with Crippen molar-refractivity contribution >= 4 is 64.4 Å². The van der Waals surface area contributed by atoms with Crippen LogP contribution < -0.4 is 0 Å². The third kappa shape index (κ3) is 4.92. The fourth-order valence-corrected chi connectivity index (χ4v) is 8.84. The van der Waals surface area contributed by atoms with E-state index in [0.717, 1.165) is 66.4 Å². The van der Waals surface area contributed by atoms with Gasteiger partial charge < -0.3 is 4.42 Å². The molecule has 0 amide bonds. The second kappa shape index (κ2) is 12.3. The van der Waals surface area contributed by atoms with Gasteiger partial charge >= 0.3 is 0 Å². The van der Waals surface area contributed by atoms with Crippen LogP contribution in [0.2, 0.25) is 0 Å². The second-order valence-electron chi connectivity index (χ2n) is 13.4. The Bertz CT molecular complexity index is 3150. The van der Waals surface area contributed by atoms with Crippen molar-refractivity contribution in [1.82, 2.24) is 19.9 Å². The van der Waals surface area contributed by atoms with E-state index in [-0.39, 0.29) is 0 Å². The summed E-state index contributed by atoms with van der Waals surface area (Å²) in [5, 5.41) is 5.59. The molecule has 252 valence electrons. The standard InChI is InChI=1S/C48H28N4OS/c1-3-13-30(14-4-1)46-50-47(31-15-5-2-6-16-31)52-48(51-46)32-27-25-29(26-28-32)43-42-37-18-7-9-23-39(37)53-44(42)41-34(19-12-22-38(41)49-43)36-21-11-20-35-33-17-8-10-24-40(33)54-45(35)36/h1-28H. The Morgan fingerprint density at radius 1 is 0.389 bits per heavy atom. The highest BCUT2D eigenvalue weighted by molar-refractivity contribution is 7.26. The molecular formula is C48H28N4OS. The van der Waals surface area contributed by atoms with Crippen LogP contribution in [-0.4, -0.2) is 19.9 Å². The van der Waals surface area contributed by atoms with Gasteiger partial charge in [-0.1, -0.05) is 152 Å². The number of para-hydroxylation sites is 1. The maximum absolute atomic E-state index is 6.80. The van der Waals surface area contributed by atoms with Crippen LogP contribution in [0.25, 0.3) is 110 Å². The molecule has 54 heavy (non-hydrogen) atoms. The summed E-state index contributed by atoms with van der Waals surface area (Å²) in [6.45, 7) is 0. The van der Waals surface area contributed by atoms with E-state index in [1.165, 1.54) is 25.7 Å². The number of nitrogens with zero attached hydrogens (tertiary/aromatic N) is 4. The zero-order valence-electron chi connectivity index (χ0n) is 28.8. The SMILES string of the molecule is c1ccc(-c2nc(-c3ccccc3)nc(-c3ccc(-c4nc5cccc(-c6cccc7c6sc6ccccc67)c5c5oc6ccccc6c45)cc3)n2)cc1. The van der Waals surface area contributed by atoms with Crippen LogP contribution in [0.3, 0.4) is 0 Å². The summed E-state index contributed by atoms with van der Waals surface area (Å²) in [7, 11) is 0. The Morgan fingerprint density at radius 3 is 1.67 bits per heavy atom. The van der Waals surface area contributed by atoms with Crippen LogP contribution in [-0.2, 0) is 0 Å². The third-order valence-electron chi connectivity index (χ3n) is 10.1. The van der Waals surface area contributed by atoms with E-state index in [9.17, 15) is 0 Å². The molecule has 0 bridgehead atoms. The van der Waals surface area contributed by atoms with Crippen LogP contribution in [0.1, 0.15) is 0 Å². The van der Waals surface area contributed by atoms with Gasteiger partial charge in [-0.3, -0.25) is 0 Å². The lowest BCUT2D eigenvalue weighted by molar-refractivity contribution is 0.672. The molecule has 0 spiro atoms. The molecule has 0 N–H and O–H groups in total. The first kappa shape index (κ1) is 30.6. The number of fused-ring (bicyclic) bond motifs is 8. The summed E-state index contributed by atoms with van der Waals surface area (Å²) in [6, 6.07) is 58.4. The molecule has 0 atom stereocenters. The van der Waals surface area contributed by atoms with Gasteiger partial charge in [-0.15, -0.1) is 11.3 Å². The fourth-order valence-electron chi connectivity index (χ4n) is 7.61. The molecule has 0 aliphatic heterocycles. The number of furan rings is 1. The maximum Gasteiger partial charge on any atom is 0.164 e. The van der Waals surface area contributed by atoms with Crippen molar-refractivity contribution in [3.8, 4) is 56.5 Å². The molecule has 11 rings (SSSR count). The zero-order chi connectivity index (χ0) is 35.6. The van der Waals surface area contributed by atoms with Gasteiger partial charge in [0.1, 0.15) is 11.2 Å². The minimum Gasteiger partial charge on any atom is -0.455 e. The fraction of sp³-hybridized carbons (Fsp3) is 0. The molecule has 0 saturated heterocycles. The van der Waals surface area contributed by atoms with Crippen LogP contribution in [0.15, 0.2) is 174 Å². The first-order chi connectivity index (χ1) is 26.8. The van der Waals surface area contributed by atoms with Gasteiger partial charge in [0.25, 0.3) is 0 Å². The van der Waals surface area contributed by atoms with E-state index in [0.29, 0.717) is 17.5 Å². The van der Waals surface area contributed by atoms with E-state index < -0.39 is 0 Å². The Balaban J connectivity index is 1.10. The van der Waals surface area contributed by atoms with Gasteiger partial charge in [0.2, 0.25) is 0 Å². The highest BCUT2D eigenvalue weighted by Crippen LogP contribution is 2.46. The number of hydrogen-bond donors (Lipinski definition) is 0. The molecule has 0 aliphatic carbocycles. The van der Waals surface area contributed by atoms with E-state index in [1.807, 2.05) is 84.1 Å². The lowest BCUT2D eigenvalue weighted by Gasteiger charge is -2.12. The number of benzene rings is 7. The van der Waals surface area contributed by atoms with Gasteiger partial charge in [0.15, 0.2) is 17.5 Å². The molecule has 11 aromatic rings. The molecule has 7 aromatic carbocycles. The zero-order valence-corrected chi connectivity index (χ0v) is 29.6. The van der Waals surface area contributed by atoms with Crippen molar-refractivity contribution < 1.29 is 4.42 Å². The molecule has 0 aliphatic rings. The average Bonchev–Trinajstić information content (AvgIpc) is 3.83. The summed E-state index contributed by atoms with van der Waals surface area (Å²) in [4.78, 5) is 20.2. The molecule has 0 unspecified atom stereocenters. The summed E-state index contributed by atoms with van der Waals surface area (Å²) in [5.74, 6) is 1.88. The topological polar surface area (TPSA) is 64.7 Å². The molecule has 5 nitrogen and oxygen atoms in total. The number of pyridine rings is 1. The first-order valence-corrected chi connectivity index (χ1v) is 18.7. The molecule has 4 aromatic heterocycles. The van der Waals surface area contributed by atoms with E-state index in [2.05, 4.69) is 97.1 Å². The van der Waals surface area contributed by atoms with Gasteiger partial charge in [0, 0.05) is 53.4 Å². The third-order valence-corrected chi connectivity index (χ3v) is 11.4. The van der Waals surface area contributed by atoms with Gasteiger partial charge in [-0.25, -0.2) is 19.9 Å². The Hall–Kier alpha value is -7.02. The Morgan fingerprint density at radius 2 is 0.944 bits per heavy atom. The average molecular weight is 709 g/mol. The monoisotopic (exact) mass is 708 g/mol. The van der Waals surface area contributed by atoms with Crippen molar-refractivity contribution in [1.29, 1.82) is 0 Å². The van der Waals surface area contributed by atoms with Crippen molar-refractivity contribution in [2.75, 3.05) is 0 Å². The molecule has 0 radical (unpaired) electrons. The van der Waals surface area contributed by atoms with Gasteiger partial charge in [-0.2, -0.15) is 0 Å². The smallest absolute Gasteiger partial charge is 0.164 e.